The molecule has 0 radical (unpaired) electrons. The van der Waals surface area contributed by atoms with E-state index in [1.54, 1.807) is 18.2 Å². The molecular formula is C16H23NO4. The summed E-state index contributed by atoms with van der Waals surface area (Å²) in [4.78, 5) is 23.4. The van der Waals surface area contributed by atoms with Crippen LogP contribution in [0.5, 0.6) is 5.75 Å². The third kappa shape index (κ3) is 6.79. The van der Waals surface area contributed by atoms with Gasteiger partial charge in [-0.1, -0.05) is 32.9 Å². The third-order valence-corrected chi connectivity index (χ3v) is 2.50. The van der Waals surface area contributed by atoms with E-state index in [1.807, 2.05) is 33.8 Å². The molecule has 0 unspecified atom stereocenters. The molecule has 0 fully saturated rings. The van der Waals surface area contributed by atoms with E-state index in [1.165, 1.54) is 0 Å². The zero-order valence-electron chi connectivity index (χ0n) is 13.1. The first-order chi connectivity index (χ1) is 9.81. The van der Waals surface area contributed by atoms with Crippen LogP contribution in [0.4, 0.5) is 5.69 Å². The average Bonchev–Trinajstić information content (AvgIpc) is 2.37. The molecular weight excluding hydrogens is 270 g/mol. The van der Waals surface area contributed by atoms with E-state index in [0.717, 1.165) is 0 Å². The molecule has 0 heterocycles. The maximum Gasteiger partial charge on any atom is 0.306 e. The second kappa shape index (κ2) is 7.67. The quantitative estimate of drug-likeness (QED) is 0.819. The van der Waals surface area contributed by atoms with Crippen molar-refractivity contribution in [1.29, 1.82) is 0 Å². The molecule has 0 aliphatic heterocycles. The molecule has 116 valence electrons. The van der Waals surface area contributed by atoms with Crippen molar-refractivity contribution in [3.05, 3.63) is 24.3 Å². The molecule has 0 aromatic heterocycles. The van der Waals surface area contributed by atoms with E-state index < -0.39 is 0 Å². The summed E-state index contributed by atoms with van der Waals surface area (Å²) in [7, 11) is 0. The van der Waals surface area contributed by atoms with Crippen molar-refractivity contribution in [3.8, 4) is 5.75 Å². The summed E-state index contributed by atoms with van der Waals surface area (Å²) in [6, 6.07) is 7.12. The Kier molecular flexibility index (Phi) is 6.21. The zero-order chi connectivity index (χ0) is 15.9. The summed E-state index contributed by atoms with van der Waals surface area (Å²) in [6.45, 7) is 7.89. The van der Waals surface area contributed by atoms with Gasteiger partial charge in [-0.25, -0.2) is 0 Å². The van der Waals surface area contributed by atoms with Crippen molar-refractivity contribution in [2.24, 2.45) is 5.41 Å². The van der Waals surface area contributed by atoms with Gasteiger partial charge in [-0.05, 0) is 24.5 Å². The van der Waals surface area contributed by atoms with Crippen molar-refractivity contribution in [2.45, 2.75) is 34.1 Å². The Morgan fingerprint density at radius 1 is 1.19 bits per heavy atom. The van der Waals surface area contributed by atoms with Gasteiger partial charge in [0.05, 0.1) is 18.7 Å². The lowest BCUT2D eigenvalue weighted by Gasteiger charge is -2.16. The largest absolute Gasteiger partial charge is 0.492 e. The Hall–Kier alpha value is -2.04. The number of amides is 1. The lowest BCUT2D eigenvalue weighted by atomic mass is 9.92. The van der Waals surface area contributed by atoms with Gasteiger partial charge in [0.2, 0.25) is 0 Å². The minimum Gasteiger partial charge on any atom is -0.492 e. The number of hydrogen-bond donors (Lipinski definition) is 1. The third-order valence-electron chi connectivity index (χ3n) is 2.50. The normalized spacial score (nSPS) is 10.9. The van der Waals surface area contributed by atoms with Gasteiger partial charge in [-0.2, -0.15) is 0 Å². The lowest BCUT2D eigenvalue weighted by Crippen LogP contribution is -2.23. The standard InChI is InChI=1S/C16H23NO4/c1-5-20-13-9-7-6-8-12(13)17-14(18)11-21-15(19)10-16(2,3)4/h6-9H,5,10-11H2,1-4H3,(H,17,18). The summed E-state index contributed by atoms with van der Waals surface area (Å²) in [5.41, 5.74) is 0.408. The number of carbonyl (C=O) groups excluding carboxylic acids is 2. The van der Waals surface area contributed by atoms with Crippen molar-refractivity contribution >= 4 is 17.6 Å². The molecule has 5 nitrogen and oxygen atoms in total. The van der Waals surface area contributed by atoms with Crippen LogP contribution >= 0.6 is 0 Å². The van der Waals surface area contributed by atoms with E-state index in [2.05, 4.69) is 5.32 Å². The maximum atomic E-state index is 11.8. The fourth-order valence-corrected chi connectivity index (χ4v) is 1.67. The van der Waals surface area contributed by atoms with Crippen molar-refractivity contribution in [2.75, 3.05) is 18.5 Å². The highest BCUT2D eigenvalue weighted by molar-refractivity contribution is 5.94. The molecule has 1 aromatic carbocycles. The van der Waals surface area contributed by atoms with Crippen LogP contribution in [0.15, 0.2) is 24.3 Å². The highest BCUT2D eigenvalue weighted by atomic mass is 16.5. The van der Waals surface area contributed by atoms with E-state index in [0.29, 0.717) is 18.0 Å². The molecule has 0 spiro atoms. The Labute approximate surface area is 125 Å². The first kappa shape index (κ1) is 17.0. The molecule has 0 saturated carbocycles. The van der Waals surface area contributed by atoms with E-state index in [4.69, 9.17) is 9.47 Å². The molecule has 0 aliphatic rings. The minimum absolute atomic E-state index is 0.158. The van der Waals surface area contributed by atoms with Gasteiger partial charge in [-0.3, -0.25) is 9.59 Å². The van der Waals surface area contributed by atoms with Gasteiger partial charge >= 0.3 is 5.97 Å². The minimum atomic E-state index is -0.385. The van der Waals surface area contributed by atoms with Gasteiger partial charge < -0.3 is 14.8 Å². The van der Waals surface area contributed by atoms with Gasteiger partial charge in [0.25, 0.3) is 5.91 Å². The number of rotatable bonds is 6. The van der Waals surface area contributed by atoms with Crippen molar-refractivity contribution in [3.63, 3.8) is 0 Å². The Balaban J connectivity index is 2.49. The van der Waals surface area contributed by atoms with Crippen LogP contribution in [0.2, 0.25) is 0 Å². The van der Waals surface area contributed by atoms with Crippen LogP contribution in [0, 0.1) is 5.41 Å². The van der Waals surface area contributed by atoms with Gasteiger partial charge in [0.1, 0.15) is 5.75 Å². The van der Waals surface area contributed by atoms with Crippen molar-refractivity contribution < 1.29 is 19.1 Å². The number of nitrogens with one attached hydrogen (secondary N) is 1. The van der Waals surface area contributed by atoms with Crippen molar-refractivity contribution in [1.82, 2.24) is 0 Å². The molecule has 21 heavy (non-hydrogen) atoms. The van der Waals surface area contributed by atoms with E-state index in [9.17, 15) is 9.59 Å². The Morgan fingerprint density at radius 3 is 2.48 bits per heavy atom. The summed E-state index contributed by atoms with van der Waals surface area (Å²) >= 11 is 0. The predicted molar refractivity (Wildman–Crippen MR) is 81.3 cm³/mol. The molecule has 0 atom stereocenters. The van der Waals surface area contributed by atoms with E-state index >= 15 is 0 Å². The van der Waals surface area contributed by atoms with Gasteiger partial charge in [0, 0.05) is 0 Å². The second-order valence-corrected chi connectivity index (χ2v) is 5.88. The van der Waals surface area contributed by atoms with Gasteiger partial charge in [0.15, 0.2) is 6.61 Å². The highest BCUT2D eigenvalue weighted by Crippen LogP contribution is 2.23. The number of hydrogen-bond acceptors (Lipinski definition) is 4. The van der Waals surface area contributed by atoms with Gasteiger partial charge in [-0.15, -0.1) is 0 Å². The second-order valence-electron chi connectivity index (χ2n) is 5.88. The first-order valence-corrected chi connectivity index (χ1v) is 6.99. The molecule has 1 N–H and O–H groups in total. The molecule has 0 bridgehead atoms. The number of carbonyl (C=O) groups is 2. The maximum absolute atomic E-state index is 11.8. The Morgan fingerprint density at radius 2 is 1.86 bits per heavy atom. The number of ether oxygens (including phenoxy) is 2. The zero-order valence-corrected chi connectivity index (χ0v) is 13.1. The summed E-state index contributed by atoms with van der Waals surface area (Å²) in [5, 5.41) is 2.67. The predicted octanol–water partition coefficient (Wildman–Crippen LogP) is 3.00. The van der Waals surface area contributed by atoms with Crippen LogP contribution in [-0.4, -0.2) is 25.1 Å². The molecule has 1 amide bonds. The smallest absolute Gasteiger partial charge is 0.306 e. The first-order valence-electron chi connectivity index (χ1n) is 6.99. The van der Waals surface area contributed by atoms with Crippen LogP contribution in [0.1, 0.15) is 34.1 Å². The van der Waals surface area contributed by atoms with Crippen LogP contribution in [-0.2, 0) is 14.3 Å². The SMILES string of the molecule is CCOc1ccccc1NC(=O)COC(=O)CC(C)(C)C. The molecule has 5 heteroatoms. The Bertz CT molecular complexity index is 491. The molecule has 0 aliphatic carbocycles. The monoisotopic (exact) mass is 293 g/mol. The van der Waals surface area contributed by atoms with Crippen LogP contribution in [0.25, 0.3) is 0 Å². The van der Waals surface area contributed by atoms with Crippen LogP contribution < -0.4 is 10.1 Å². The number of benzene rings is 1. The molecule has 0 saturated heterocycles. The summed E-state index contributed by atoms with van der Waals surface area (Å²) < 4.78 is 10.4. The molecule has 1 rings (SSSR count). The number of esters is 1. The highest BCUT2D eigenvalue weighted by Gasteiger charge is 2.18. The summed E-state index contributed by atoms with van der Waals surface area (Å²) in [6.07, 6.45) is 0.274. The number of para-hydroxylation sites is 2. The fraction of sp³-hybridized carbons (Fsp3) is 0.500. The molecule has 1 aromatic rings. The summed E-state index contributed by atoms with van der Waals surface area (Å²) in [5.74, 6) is -0.172. The lowest BCUT2D eigenvalue weighted by molar-refractivity contribution is -0.149. The number of anilines is 1. The van der Waals surface area contributed by atoms with Crippen LogP contribution in [0.3, 0.4) is 0 Å². The fourth-order valence-electron chi connectivity index (χ4n) is 1.67. The topological polar surface area (TPSA) is 64.6 Å². The average molecular weight is 293 g/mol. The van der Waals surface area contributed by atoms with E-state index in [-0.39, 0.29) is 30.3 Å².